The van der Waals surface area contributed by atoms with Gasteiger partial charge in [-0.05, 0) is 66.8 Å². The third-order valence-electron chi connectivity index (χ3n) is 7.00. The van der Waals surface area contributed by atoms with Gasteiger partial charge in [0.15, 0.2) is 5.65 Å². The van der Waals surface area contributed by atoms with E-state index in [1.54, 1.807) is 19.1 Å². The molecule has 2 aromatic heterocycles. The number of allylic oxidation sites excluding steroid dienone is 1. The molecule has 174 valence electrons. The molecule has 1 fully saturated rings. The van der Waals surface area contributed by atoms with Gasteiger partial charge in [0.1, 0.15) is 24.0 Å². The van der Waals surface area contributed by atoms with Gasteiger partial charge < -0.3 is 9.30 Å². The van der Waals surface area contributed by atoms with Crippen LogP contribution in [0, 0.1) is 23.1 Å². The minimum absolute atomic E-state index is 0.259. The van der Waals surface area contributed by atoms with Crippen LogP contribution in [0.5, 0.6) is 5.75 Å². The van der Waals surface area contributed by atoms with E-state index in [1.165, 1.54) is 24.6 Å². The summed E-state index contributed by atoms with van der Waals surface area (Å²) in [5, 5.41) is 9.68. The van der Waals surface area contributed by atoms with Gasteiger partial charge in [0.05, 0.1) is 11.6 Å². The predicted octanol–water partition coefficient (Wildman–Crippen LogP) is 6.26. The number of fused-ring (bicyclic) bond motifs is 3. The van der Waals surface area contributed by atoms with Crippen molar-refractivity contribution in [2.75, 3.05) is 0 Å². The Kier molecular flexibility index (Phi) is 5.10. The van der Waals surface area contributed by atoms with Gasteiger partial charge in [-0.3, -0.25) is 0 Å². The lowest BCUT2D eigenvalue weighted by Gasteiger charge is -2.25. The summed E-state index contributed by atoms with van der Waals surface area (Å²) < 4.78 is 35.8. The molecular formula is C28H22F2N4O. The van der Waals surface area contributed by atoms with E-state index in [9.17, 15) is 14.0 Å². The SMILES string of the molecule is C/C(C#N)=C1/c2ccc(Cn3c(C4CCC4)nc4nc(F)ccc43)cc2COc2cc(F)ccc21. The number of aromatic nitrogens is 3. The Bertz CT molecular complexity index is 1560. The molecule has 0 spiro atoms. The van der Waals surface area contributed by atoms with Crippen LogP contribution in [0.3, 0.4) is 0 Å². The van der Waals surface area contributed by atoms with Crippen LogP contribution in [0.2, 0.25) is 0 Å². The zero-order valence-electron chi connectivity index (χ0n) is 19.2. The molecule has 6 rings (SSSR count). The van der Waals surface area contributed by atoms with E-state index in [4.69, 9.17) is 4.74 Å². The molecule has 0 radical (unpaired) electrons. The minimum atomic E-state index is -0.535. The molecule has 5 nitrogen and oxygen atoms in total. The summed E-state index contributed by atoms with van der Waals surface area (Å²) >= 11 is 0. The first-order valence-electron chi connectivity index (χ1n) is 11.7. The van der Waals surface area contributed by atoms with Crippen LogP contribution in [-0.4, -0.2) is 14.5 Å². The maximum Gasteiger partial charge on any atom is 0.215 e. The molecule has 4 aromatic rings. The number of rotatable bonds is 3. The minimum Gasteiger partial charge on any atom is -0.488 e. The Morgan fingerprint density at radius 3 is 2.69 bits per heavy atom. The van der Waals surface area contributed by atoms with Crippen LogP contribution >= 0.6 is 0 Å². The Morgan fingerprint density at radius 1 is 1.09 bits per heavy atom. The lowest BCUT2D eigenvalue weighted by Crippen LogP contribution is -2.16. The number of benzene rings is 2. The summed E-state index contributed by atoms with van der Waals surface area (Å²) in [5.41, 5.74) is 6.09. The number of ether oxygens (including phenoxy) is 1. The van der Waals surface area contributed by atoms with Crippen molar-refractivity contribution in [3.05, 3.63) is 93.9 Å². The van der Waals surface area contributed by atoms with Gasteiger partial charge in [-0.15, -0.1) is 0 Å². The molecule has 35 heavy (non-hydrogen) atoms. The van der Waals surface area contributed by atoms with E-state index in [0.717, 1.165) is 46.4 Å². The van der Waals surface area contributed by atoms with Gasteiger partial charge in [-0.25, -0.2) is 9.37 Å². The summed E-state index contributed by atoms with van der Waals surface area (Å²) in [6, 6.07) is 15.9. The monoisotopic (exact) mass is 468 g/mol. The molecular weight excluding hydrogens is 446 g/mol. The van der Waals surface area contributed by atoms with Crippen molar-refractivity contribution in [2.24, 2.45) is 0 Å². The van der Waals surface area contributed by atoms with Crippen molar-refractivity contribution in [1.82, 2.24) is 14.5 Å². The van der Waals surface area contributed by atoms with E-state index in [1.807, 2.05) is 12.1 Å². The second-order valence-electron chi connectivity index (χ2n) is 9.19. The molecule has 0 saturated heterocycles. The number of imidazole rings is 1. The van der Waals surface area contributed by atoms with E-state index in [0.29, 0.717) is 35.0 Å². The molecule has 7 heteroatoms. The summed E-state index contributed by atoms with van der Waals surface area (Å²) in [6.45, 7) is 2.58. The van der Waals surface area contributed by atoms with Crippen molar-refractivity contribution in [1.29, 1.82) is 5.26 Å². The number of pyridine rings is 1. The largest absolute Gasteiger partial charge is 0.488 e. The van der Waals surface area contributed by atoms with Crippen LogP contribution < -0.4 is 4.74 Å². The highest BCUT2D eigenvalue weighted by Gasteiger charge is 2.27. The third-order valence-corrected chi connectivity index (χ3v) is 7.00. The maximum absolute atomic E-state index is 13.9. The second-order valence-corrected chi connectivity index (χ2v) is 9.19. The molecule has 0 unspecified atom stereocenters. The van der Waals surface area contributed by atoms with Gasteiger partial charge in [-0.2, -0.15) is 14.6 Å². The topological polar surface area (TPSA) is 63.7 Å². The first kappa shape index (κ1) is 21.5. The highest BCUT2D eigenvalue weighted by molar-refractivity contribution is 5.88. The fourth-order valence-corrected chi connectivity index (χ4v) is 5.02. The zero-order valence-corrected chi connectivity index (χ0v) is 19.2. The molecule has 2 aliphatic rings. The van der Waals surface area contributed by atoms with Crippen LogP contribution in [0.15, 0.2) is 54.1 Å². The summed E-state index contributed by atoms with van der Waals surface area (Å²) in [4.78, 5) is 8.69. The third kappa shape index (κ3) is 3.66. The summed E-state index contributed by atoms with van der Waals surface area (Å²) in [5.74, 6) is 0.805. The number of nitrogens with zero attached hydrogens (tertiary/aromatic N) is 4. The molecule has 2 aromatic carbocycles. The average Bonchev–Trinajstić information content (AvgIpc) is 3.05. The molecule has 1 aliphatic carbocycles. The van der Waals surface area contributed by atoms with Crippen LogP contribution in [0.1, 0.15) is 60.2 Å². The van der Waals surface area contributed by atoms with E-state index in [2.05, 4.69) is 26.7 Å². The molecule has 1 aliphatic heterocycles. The van der Waals surface area contributed by atoms with Gasteiger partial charge in [-0.1, -0.05) is 18.6 Å². The van der Waals surface area contributed by atoms with Gasteiger partial charge in [0.25, 0.3) is 0 Å². The maximum atomic E-state index is 13.9. The molecule has 0 amide bonds. The Hall–Kier alpha value is -4.05. The number of halogens is 2. The van der Waals surface area contributed by atoms with E-state index < -0.39 is 5.95 Å². The molecule has 0 atom stereocenters. The van der Waals surface area contributed by atoms with Gasteiger partial charge in [0.2, 0.25) is 5.95 Å². The number of nitriles is 1. The van der Waals surface area contributed by atoms with Crippen molar-refractivity contribution in [3.8, 4) is 11.8 Å². The average molecular weight is 469 g/mol. The smallest absolute Gasteiger partial charge is 0.215 e. The molecule has 0 N–H and O–H groups in total. The number of hydrogen-bond acceptors (Lipinski definition) is 4. The van der Waals surface area contributed by atoms with Crippen molar-refractivity contribution in [2.45, 2.75) is 45.3 Å². The fourth-order valence-electron chi connectivity index (χ4n) is 5.02. The van der Waals surface area contributed by atoms with Crippen LogP contribution in [-0.2, 0) is 13.2 Å². The first-order valence-corrected chi connectivity index (χ1v) is 11.7. The summed E-state index contributed by atoms with van der Waals surface area (Å²) in [6.07, 6.45) is 3.31. The predicted molar refractivity (Wildman–Crippen MR) is 128 cm³/mol. The lowest BCUT2D eigenvalue weighted by molar-refractivity contribution is 0.305. The molecule has 3 heterocycles. The van der Waals surface area contributed by atoms with Gasteiger partial charge in [0, 0.05) is 35.2 Å². The molecule has 1 saturated carbocycles. The Balaban J connectivity index is 1.44. The molecule has 0 bridgehead atoms. The highest BCUT2D eigenvalue weighted by atomic mass is 19.1. The van der Waals surface area contributed by atoms with Crippen LogP contribution in [0.25, 0.3) is 16.7 Å². The van der Waals surface area contributed by atoms with Crippen molar-refractivity contribution < 1.29 is 13.5 Å². The van der Waals surface area contributed by atoms with Crippen molar-refractivity contribution in [3.63, 3.8) is 0 Å². The second kappa shape index (κ2) is 8.31. The fraction of sp³-hybridized carbons (Fsp3) is 0.250. The highest BCUT2D eigenvalue weighted by Crippen LogP contribution is 2.40. The van der Waals surface area contributed by atoms with Crippen molar-refractivity contribution >= 4 is 16.7 Å². The van der Waals surface area contributed by atoms with E-state index in [-0.39, 0.29) is 12.4 Å². The lowest BCUT2D eigenvalue weighted by atomic mass is 9.84. The summed E-state index contributed by atoms with van der Waals surface area (Å²) in [7, 11) is 0. The number of hydrogen-bond donors (Lipinski definition) is 0. The van der Waals surface area contributed by atoms with E-state index >= 15 is 0 Å². The normalized spacial score (nSPS) is 16.5. The Morgan fingerprint density at radius 2 is 1.91 bits per heavy atom. The Labute approximate surface area is 201 Å². The zero-order chi connectivity index (χ0) is 24.1. The van der Waals surface area contributed by atoms with Crippen LogP contribution in [0.4, 0.5) is 8.78 Å². The standard InChI is InChI=1S/C28H22F2N4O/c1-16(13-31)26-21-7-5-17(11-19(21)15-35-24-12-20(29)6-8-22(24)26)14-34-23-9-10-25(30)32-27(23)33-28(34)18-3-2-4-18/h5-12,18H,2-4,14-15H2,1H3/b26-16+. The van der Waals surface area contributed by atoms with Gasteiger partial charge >= 0.3 is 0 Å². The quantitative estimate of drug-likeness (QED) is 0.263. The first-order chi connectivity index (χ1) is 17.0.